The van der Waals surface area contributed by atoms with Crippen molar-refractivity contribution in [3.63, 3.8) is 0 Å². The lowest BCUT2D eigenvalue weighted by Crippen LogP contribution is -2.32. The van der Waals surface area contributed by atoms with Gasteiger partial charge in [0.1, 0.15) is 24.9 Å². The van der Waals surface area contributed by atoms with E-state index in [0.717, 1.165) is 16.7 Å². The molecule has 2 fully saturated rings. The first-order valence-corrected chi connectivity index (χ1v) is 14.3. The number of nitrogens with zero attached hydrogens (tertiary/aromatic N) is 5. The SMILES string of the molecule is CC(=O)OC[C@H]1O[C@@H](n2cnc3c(=O)n(Cc4ccccc4)c(/N=C/c4ccccc4)nc32)[C@@H]2OC(c3ccccc3)O[C@@H]21. The Balaban J connectivity index is 1.29. The highest BCUT2D eigenvalue weighted by Crippen LogP contribution is 2.44. The summed E-state index contributed by atoms with van der Waals surface area (Å²) in [5.41, 5.74) is 2.76. The van der Waals surface area contributed by atoms with Crippen LogP contribution in [0.5, 0.6) is 0 Å². The van der Waals surface area contributed by atoms with E-state index in [-0.39, 0.29) is 30.2 Å². The van der Waals surface area contributed by atoms with Gasteiger partial charge in [0.25, 0.3) is 5.56 Å². The fraction of sp³-hybridized carbons (Fsp3) is 0.242. The van der Waals surface area contributed by atoms with Crippen LogP contribution in [0.4, 0.5) is 5.95 Å². The number of benzene rings is 3. The molecule has 0 saturated carbocycles. The van der Waals surface area contributed by atoms with Crippen molar-refractivity contribution >= 4 is 29.3 Å². The Labute approximate surface area is 252 Å². The number of aliphatic imine (C=N–C) groups is 1. The molecule has 0 N–H and O–H groups in total. The number of hydrogen-bond donors (Lipinski definition) is 0. The third-order valence-corrected chi connectivity index (χ3v) is 7.62. The summed E-state index contributed by atoms with van der Waals surface area (Å²) in [7, 11) is 0. The molecular formula is C33H29N5O6. The maximum atomic E-state index is 13.9. The highest BCUT2D eigenvalue weighted by Gasteiger charge is 2.54. The van der Waals surface area contributed by atoms with Gasteiger partial charge < -0.3 is 18.9 Å². The number of carbonyl (C=O) groups is 1. The van der Waals surface area contributed by atoms with Gasteiger partial charge in [-0.15, -0.1) is 0 Å². The number of carbonyl (C=O) groups excluding carboxylic acids is 1. The van der Waals surface area contributed by atoms with E-state index in [0.29, 0.717) is 5.65 Å². The van der Waals surface area contributed by atoms with Crippen molar-refractivity contribution in [2.45, 2.75) is 44.3 Å². The number of aromatic nitrogens is 4. The highest BCUT2D eigenvalue weighted by molar-refractivity contribution is 5.81. The van der Waals surface area contributed by atoms with E-state index >= 15 is 0 Å². The van der Waals surface area contributed by atoms with Crippen LogP contribution in [0, 0.1) is 0 Å². The normalized spacial score (nSPS) is 22.9. The van der Waals surface area contributed by atoms with Crippen molar-refractivity contribution in [3.8, 4) is 0 Å². The van der Waals surface area contributed by atoms with Crippen LogP contribution in [0.3, 0.4) is 0 Å². The second kappa shape index (κ2) is 12.0. The Morgan fingerprint density at radius 2 is 1.61 bits per heavy atom. The molecule has 0 radical (unpaired) electrons. The van der Waals surface area contributed by atoms with Gasteiger partial charge in [-0.1, -0.05) is 91.0 Å². The van der Waals surface area contributed by atoms with Crippen molar-refractivity contribution in [2.24, 2.45) is 4.99 Å². The predicted molar refractivity (Wildman–Crippen MR) is 160 cm³/mol. The van der Waals surface area contributed by atoms with Crippen molar-refractivity contribution in [1.29, 1.82) is 0 Å². The van der Waals surface area contributed by atoms with Crippen molar-refractivity contribution in [3.05, 3.63) is 124 Å². The van der Waals surface area contributed by atoms with E-state index in [2.05, 4.69) is 9.98 Å². The minimum Gasteiger partial charge on any atom is -0.463 e. The third-order valence-electron chi connectivity index (χ3n) is 7.62. The van der Waals surface area contributed by atoms with Crippen LogP contribution in [-0.2, 0) is 30.3 Å². The number of hydrogen-bond acceptors (Lipinski definition) is 9. The summed E-state index contributed by atoms with van der Waals surface area (Å²) in [6.07, 6.45) is 0.0291. The third kappa shape index (κ3) is 5.44. The van der Waals surface area contributed by atoms with E-state index in [1.165, 1.54) is 17.8 Å². The summed E-state index contributed by atoms with van der Waals surface area (Å²) >= 11 is 0. The van der Waals surface area contributed by atoms with E-state index < -0.39 is 36.8 Å². The summed E-state index contributed by atoms with van der Waals surface area (Å²) in [4.78, 5) is 39.5. The molecule has 4 heterocycles. The van der Waals surface area contributed by atoms with Crippen LogP contribution in [0.1, 0.15) is 36.1 Å². The molecule has 44 heavy (non-hydrogen) atoms. The monoisotopic (exact) mass is 591 g/mol. The minimum atomic E-state index is -0.762. The average molecular weight is 592 g/mol. The molecule has 0 bridgehead atoms. The molecule has 11 nitrogen and oxygen atoms in total. The fourth-order valence-electron chi connectivity index (χ4n) is 5.51. The Bertz CT molecular complexity index is 1860. The number of esters is 1. The van der Waals surface area contributed by atoms with Crippen LogP contribution < -0.4 is 5.56 Å². The predicted octanol–water partition coefficient (Wildman–Crippen LogP) is 4.34. The largest absolute Gasteiger partial charge is 0.463 e. The standard InChI is InChI=1S/C33H29N5O6/c1-21(39)41-19-25-27-28(44-32(43-27)24-15-9-4-10-16-24)31(42-25)38-20-35-26-29(38)36-33(34-17-22-11-5-2-6-12-22)37(30(26)40)18-23-13-7-3-8-14-23/h2-17,20,25,27-28,31-32H,18-19H2,1H3/b34-17+/t25-,27-,28-,31-,32?/m1/s1. The molecule has 2 aromatic heterocycles. The van der Waals surface area contributed by atoms with Crippen molar-refractivity contribution < 1.29 is 23.7 Å². The van der Waals surface area contributed by atoms with E-state index in [4.69, 9.17) is 23.9 Å². The van der Waals surface area contributed by atoms with Crippen LogP contribution in [0.25, 0.3) is 11.2 Å². The van der Waals surface area contributed by atoms with Gasteiger partial charge in [0.15, 0.2) is 23.7 Å². The maximum Gasteiger partial charge on any atom is 0.302 e. The molecule has 5 atom stereocenters. The zero-order chi connectivity index (χ0) is 30.0. The maximum absolute atomic E-state index is 13.9. The van der Waals surface area contributed by atoms with Crippen LogP contribution >= 0.6 is 0 Å². The summed E-state index contributed by atoms with van der Waals surface area (Å²) in [5, 5.41) is 0. The Hall–Kier alpha value is -4.97. The number of imidazole rings is 1. The Morgan fingerprint density at radius 3 is 2.34 bits per heavy atom. The topological polar surface area (TPSA) is 119 Å². The summed E-state index contributed by atoms with van der Waals surface area (Å²) in [5.74, 6) is -0.213. The summed E-state index contributed by atoms with van der Waals surface area (Å²) < 4.78 is 27.5. The van der Waals surface area contributed by atoms with Crippen LogP contribution in [0.2, 0.25) is 0 Å². The van der Waals surface area contributed by atoms with Crippen LogP contribution in [0.15, 0.2) is 107 Å². The van der Waals surface area contributed by atoms with Gasteiger partial charge in [-0.2, -0.15) is 4.98 Å². The molecule has 0 amide bonds. The second-order valence-corrected chi connectivity index (χ2v) is 10.6. The first-order chi connectivity index (χ1) is 21.5. The van der Waals surface area contributed by atoms with Gasteiger partial charge in [0.05, 0.1) is 12.9 Å². The molecule has 2 aliphatic heterocycles. The molecule has 7 rings (SSSR count). The van der Waals surface area contributed by atoms with Crippen molar-refractivity contribution in [2.75, 3.05) is 6.61 Å². The van der Waals surface area contributed by atoms with Gasteiger partial charge in [-0.25, -0.2) is 9.98 Å². The lowest BCUT2D eigenvalue weighted by molar-refractivity contribution is -0.165. The smallest absolute Gasteiger partial charge is 0.302 e. The van der Waals surface area contributed by atoms with Crippen molar-refractivity contribution in [1.82, 2.24) is 19.1 Å². The first-order valence-electron chi connectivity index (χ1n) is 14.3. The highest BCUT2D eigenvalue weighted by atomic mass is 16.8. The molecule has 11 heteroatoms. The fourth-order valence-corrected chi connectivity index (χ4v) is 5.51. The van der Waals surface area contributed by atoms with E-state index in [9.17, 15) is 9.59 Å². The zero-order valence-electron chi connectivity index (χ0n) is 23.8. The molecule has 222 valence electrons. The number of rotatable bonds is 8. The molecule has 2 aliphatic rings. The van der Waals surface area contributed by atoms with Gasteiger partial charge >= 0.3 is 5.97 Å². The first kappa shape index (κ1) is 27.8. The molecule has 0 aliphatic carbocycles. The summed E-state index contributed by atoms with van der Waals surface area (Å²) in [6.45, 7) is 1.59. The molecule has 5 aromatic rings. The number of fused-ring (bicyclic) bond motifs is 2. The average Bonchev–Trinajstić information content (AvgIpc) is 3.76. The molecule has 0 spiro atoms. The quantitative estimate of drug-likeness (QED) is 0.193. The minimum absolute atomic E-state index is 0.0194. The molecule has 2 saturated heterocycles. The van der Waals surface area contributed by atoms with E-state index in [1.807, 2.05) is 91.0 Å². The second-order valence-electron chi connectivity index (χ2n) is 10.6. The number of ether oxygens (including phenoxy) is 4. The lowest BCUT2D eigenvalue weighted by atomic mass is 10.1. The summed E-state index contributed by atoms with van der Waals surface area (Å²) in [6, 6.07) is 28.8. The molecule has 3 aromatic carbocycles. The Kier molecular flexibility index (Phi) is 7.57. The van der Waals surface area contributed by atoms with Gasteiger partial charge in [-0.3, -0.25) is 18.7 Å². The molecule has 1 unspecified atom stereocenters. The van der Waals surface area contributed by atoms with Gasteiger partial charge in [0, 0.05) is 18.7 Å². The lowest BCUT2D eigenvalue weighted by Gasteiger charge is -2.21. The molecular weight excluding hydrogens is 562 g/mol. The zero-order valence-corrected chi connectivity index (χ0v) is 23.8. The van der Waals surface area contributed by atoms with E-state index in [1.54, 1.807) is 10.8 Å². The van der Waals surface area contributed by atoms with Crippen LogP contribution in [-0.4, -0.2) is 56.2 Å². The van der Waals surface area contributed by atoms with Gasteiger partial charge in [-0.05, 0) is 11.1 Å². The Morgan fingerprint density at radius 1 is 0.932 bits per heavy atom. The van der Waals surface area contributed by atoms with Gasteiger partial charge in [0.2, 0.25) is 5.95 Å².